The summed E-state index contributed by atoms with van der Waals surface area (Å²) in [6.45, 7) is 2.07. The lowest BCUT2D eigenvalue weighted by Crippen LogP contribution is -2.46. The van der Waals surface area contributed by atoms with E-state index >= 15 is 0 Å². The first kappa shape index (κ1) is 16.3. The molecule has 132 valence electrons. The van der Waals surface area contributed by atoms with Gasteiger partial charge in [-0.2, -0.15) is 5.10 Å². The van der Waals surface area contributed by atoms with Gasteiger partial charge in [-0.05, 0) is 49.1 Å². The van der Waals surface area contributed by atoms with Gasteiger partial charge in [-0.15, -0.1) is 0 Å². The van der Waals surface area contributed by atoms with Crippen molar-refractivity contribution in [1.29, 1.82) is 0 Å². The van der Waals surface area contributed by atoms with E-state index in [-0.39, 0.29) is 17.3 Å². The number of carbonyl (C=O) groups excluding carboxylic acids is 1. The van der Waals surface area contributed by atoms with Crippen molar-refractivity contribution in [2.24, 2.45) is 7.05 Å². The summed E-state index contributed by atoms with van der Waals surface area (Å²) >= 11 is 0. The maximum Gasteiger partial charge on any atom is 0.253 e. The number of amides is 1. The predicted molar refractivity (Wildman–Crippen MR) is 90.8 cm³/mol. The Morgan fingerprint density at radius 2 is 2.00 bits per heavy atom. The lowest BCUT2D eigenvalue weighted by molar-refractivity contribution is -0.0388. The van der Waals surface area contributed by atoms with Crippen LogP contribution < -0.4 is 0 Å². The number of halogens is 1. The Balaban J connectivity index is 1.38. The summed E-state index contributed by atoms with van der Waals surface area (Å²) in [5.74, 6) is 0.0275. The zero-order valence-electron chi connectivity index (χ0n) is 14.3. The maximum absolute atomic E-state index is 13.0. The second-order valence-corrected chi connectivity index (χ2v) is 7.14. The molecule has 3 heterocycles. The summed E-state index contributed by atoms with van der Waals surface area (Å²) in [7, 11) is 1.93. The molecule has 1 aromatic heterocycles. The van der Waals surface area contributed by atoms with Gasteiger partial charge < -0.3 is 9.64 Å². The molecule has 0 saturated carbocycles. The second kappa shape index (κ2) is 6.26. The van der Waals surface area contributed by atoms with Gasteiger partial charge in [-0.3, -0.25) is 9.48 Å². The van der Waals surface area contributed by atoms with Crippen LogP contribution in [0.1, 0.15) is 41.1 Å². The van der Waals surface area contributed by atoms with E-state index in [9.17, 15) is 9.18 Å². The Bertz CT molecular complexity index is 763. The molecule has 1 amide bonds. The topological polar surface area (TPSA) is 47.4 Å². The fourth-order valence-electron chi connectivity index (χ4n) is 3.95. The van der Waals surface area contributed by atoms with Crippen LogP contribution in [0.4, 0.5) is 4.39 Å². The molecule has 2 fully saturated rings. The lowest BCUT2D eigenvalue weighted by Gasteiger charge is -2.38. The predicted octanol–water partition coefficient (Wildman–Crippen LogP) is 2.74. The molecule has 1 atom stereocenters. The van der Waals surface area contributed by atoms with Gasteiger partial charge in [0.25, 0.3) is 5.91 Å². The van der Waals surface area contributed by atoms with Crippen LogP contribution in [0.3, 0.4) is 0 Å². The largest absolute Gasteiger partial charge is 0.374 e. The summed E-state index contributed by atoms with van der Waals surface area (Å²) in [5.41, 5.74) is 1.64. The number of aromatic nitrogens is 2. The van der Waals surface area contributed by atoms with Crippen LogP contribution in [-0.2, 0) is 11.8 Å². The van der Waals surface area contributed by atoms with Crippen LogP contribution in [0.2, 0.25) is 0 Å². The molecule has 0 unspecified atom stereocenters. The molecule has 0 bridgehead atoms. The Morgan fingerprint density at radius 1 is 1.28 bits per heavy atom. The zero-order chi connectivity index (χ0) is 17.4. The Labute approximate surface area is 146 Å². The smallest absolute Gasteiger partial charge is 0.253 e. The maximum atomic E-state index is 13.0. The van der Waals surface area contributed by atoms with E-state index in [2.05, 4.69) is 11.3 Å². The van der Waals surface area contributed by atoms with Crippen LogP contribution in [0.15, 0.2) is 36.7 Å². The van der Waals surface area contributed by atoms with E-state index in [4.69, 9.17) is 4.74 Å². The summed E-state index contributed by atoms with van der Waals surface area (Å²) in [6.07, 6.45) is 6.64. The molecule has 6 heteroatoms. The highest BCUT2D eigenvalue weighted by Crippen LogP contribution is 2.42. The quantitative estimate of drug-likeness (QED) is 0.842. The van der Waals surface area contributed by atoms with Crippen molar-refractivity contribution in [3.05, 3.63) is 53.6 Å². The van der Waals surface area contributed by atoms with Crippen molar-refractivity contribution >= 4 is 5.91 Å². The molecule has 0 aliphatic carbocycles. The van der Waals surface area contributed by atoms with Crippen molar-refractivity contribution in [3.8, 4) is 0 Å². The van der Waals surface area contributed by atoms with Crippen molar-refractivity contribution in [2.45, 2.75) is 30.8 Å². The van der Waals surface area contributed by atoms with Gasteiger partial charge >= 0.3 is 0 Å². The first-order valence-corrected chi connectivity index (χ1v) is 8.72. The molecule has 5 nitrogen and oxygen atoms in total. The lowest BCUT2D eigenvalue weighted by atomic mass is 9.83. The van der Waals surface area contributed by atoms with Crippen molar-refractivity contribution < 1.29 is 13.9 Å². The van der Waals surface area contributed by atoms with E-state index in [1.807, 2.05) is 22.8 Å². The second-order valence-electron chi connectivity index (χ2n) is 7.14. The van der Waals surface area contributed by atoms with Crippen LogP contribution in [-0.4, -0.2) is 45.9 Å². The highest BCUT2D eigenvalue weighted by Gasteiger charge is 2.44. The van der Waals surface area contributed by atoms with E-state index < -0.39 is 0 Å². The molecular formula is C19H22FN3O2. The molecule has 2 saturated heterocycles. The van der Waals surface area contributed by atoms with E-state index in [0.29, 0.717) is 24.6 Å². The standard InChI is InChI=1S/C19H22FN3O2/c1-22-12-16(11-21-22)15-10-19(25-13-15)6-8-23(9-7-19)18(24)14-2-4-17(20)5-3-14/h2-5,11-12,15H,6-10,13H2,1H3/t15-/m1/s1. The van der Waals surface area contributed by atoms with Crippen molar-refractivity contribution in [3.63, 3.8) is 0 Å². The number of rotatable bonds is 2. The Morgan fingerprint density at radius 3 is 2.64 bits per heavy atom. The van der Waals surface area contributed by atoms with Crippen LogP contribution in [0.25, 0.3) is 0 Å². The van der Waals surface area contributed by atoms with Gasteiger partial charge in [0.15, 0.2) is 0 Å². The first-order chi connectivity index (χ1) is 12.0. The summed E-state index contributed by atoms with van der Waals surface area (Å²) in [6, 6.07) is 5.76. The normalized spacial score (nSPS) is 22.5. The van der Waals surface area contributed by atoms with E-state index in [0.717, 1.165) is 25.9 Å². The number of aryl methyl sites for hydroxylation is 1. The fourth-order valence-corrected chi connectivity index (χ4v) is 3.95. The van der Waals surface area contributed by atoms with Crippen LogP contribution in [0, 0.1) is 5.82 Å². The van der Waals surface area contributed by atoms with Crippen LogP contribution >= 0.6 is 0 Å². The minimum atomic E-state index is -0.324. The Hall–Kier alpha value is -2.21. The van der Waals surface area contributed by atoms with E-state index in [1.54, 1.807) is 12.1 Å². The average Bonchev–Trinajstić information content (AvgIpc) is 3.23. The van der Waals surface area contributed by atoms with Gasteiger partial charge in [0.1, 0.15) is 5.82 Å². The van der Waals surface area contributed by atoms with Crippen molar-refractivity contribution in [2.75, 3.05) is 19.7 Å². The zero-order valence-corrected chi connectivity index (χ0v) is 14.3. The number of likely N-dealkylation sites (tertiary alicyclic amines) is 1. The number of hydrogen-bond donors (Lipinski definition) is 0. The van der Waals surface area contributed by atoms with E-state index in [1.165, 1.54) is 17.7 Å². The first-order valence-electron chi connectivity index (χ1n) is 8.72. The number of benzene rings is 1. The molecule has 2 aliphatic heterocycles. The molecule has 2 aromatic rings. The monoisotopic (exact) mass is 343 g/mol. The summed E-state index contributed by atoms with van der Waals surface area (Å²) in [5, 5.41) is 4.25. The number of carbonyl (C=O) groups is 1. The van der Waals surface area contributed by atoms with Gasteiger partial charge in [0.05, 0.1) is 18.4 Å². The highest BCUT2D eigenvalue weighted by atomic mass is 19.1. The van der Waals surface area contributed by atoms with Gasteiger partial charge in [0, 0.05) is 37.8 Å². The molecule has 1 aromatic carbocycles. The van der Waals surface area contributed by atoms with Gasteiger partial charge in [-0.1, -0.05) is 0 Å². The van der Waals surface area contributed by atoms with Crippen molar-refractivity contribution in [1.82, 2.24) is 14.7 Å². The van der Waals surface area contributed by atoms with Crippen LogP contribution in [0.5, 0.6) is 0 Å². The average molecular weight is 343 g/mol. The van der Waals surface area contributed by atoms with Gasteiger partial charge in [0.2, 0.25) is 0 Å². The minimum absolute atomic E-state index is 0.0309. The molecule has 0 radical (unpaired) electrons. The summed E-state index contributed by atoms with van der Waals surface area (Å²) < 4.78 is 21.0. The molecule has 2 aliphatic rings. The molecule has 1 spiro atoms. The third-order valence-corrected chi connectivity index (χ3v) is 5.46. The Kier molecular flexibility index (Phi) is 4.07. The highest BCUT2D eigenvalue weighted by molar-refractivity contribution is 5.94. The third-order valence-electron chi connectivity index (χ3n) is 5.46. The minimum Gasteiger partial charge on any atom is -0.374 e. The third kappa shape index (κ3) is 3.18. The fraction of sp³-hybridized carbons (Fsp3) is 0.474. The molecule has 0 N–H and O–H groups in total. The number of ether oxygens (including phenoxy) is 1. The summed E-state index contributed by atoms with van der Waals surface area (Å²) in [4.78, 5) is 14.4. The number of piperidine rings is 1. The van der Waals surface area contributed by atoms with Gasteiger partial charge in [-0.25, -0.2) is 4.39 Å². The molecular weight excluding hydrogens is 321 g/mol. The SMILES string of the molecule is Cn1cc([C@H]2COC3(CCN(C(=O)c4ccc(F)cc4)CC3)C2)cn1. The molecule has 4 rings (SSSR count). The number of nitrogens with zero attached hydrogens (tertiary/aromatic N) is 3. The number of hydrogen-bond acceptors (Lipinski definition) is 3. The molecule has 25 heavy (non-hydrogen) atoms.